The van der Waals surface area contributed by atoms with Crippen LogP contribution in [0.5, 0.6) is 11.5 Å². The molecule has 0 bridgehead atoms. The molecule has 7 heteroatoms. The molecular formula is C21H25ClN2O4. The van der Waals surface area contributed by atoms with Crippen molar-refractivity contribution in [3.05, 3.63) is 52.5 Å². The van der Waals surface area contributed by atoms with E-state index < -0.39 is 0 Å². The number of hydrogen-bond acceptors (Lipinski definition) is 4. The predicted molar refractivity (Wildman–Crippen MR) is 111 cm³/mol. The summed E-state index contributed by atoms with van der Waals surface area (Å²) in [7, 11) is 3.37. The van der Waals surface area contributed by atoms with Crippen LogP contribution in [0, 0.1) is 0 Å². The third kappa shape index (κ3) is 5.39. The average Bonchev–Trinajstić information content (AvgIpc) is 2.67. The number of rotatable bonds is 8. The second-order valence-corrected chi connectivity index (χ2v) is 6.71. The number of amides is 2. The van der Waals surface area contributed by atoms with Gasteiger partial charge in [0.1, 0.15) is 0 Å². The second-order valence-electron chi connectivity index (χ2n) is 6.30. The normalized spacial score (nSPS) is 10.3. The Balaban J connectivity index is 2.20. The number of halogens is 1. The van der Waals surface area contributed by atoms with E-state index in [0.717, 1.165) is 6.42 Å². The summed E-state index contributed by atoms with van der Waals surface area (Å²) in [5, 5.41) is 3.11. The van der Waals surface area contributed by atoms with E-state index in [-0.39, 0.29) is 11.8 Å². The molecule has 0 atom stereocenters. The van der Waals surface area contributed by atoms with E-state index in [0.29, 0.717) is 46.5 Å². The van der Waals surface area contributed by atoms with Gasteiger partial charge in [-0.1, -0.05) is 18.5 Å². The van der Waals surface area contributed by atoms with E-state index in [4.69, 9.17) is 21.1 Å². The molecular weight excluding hydrogens is 380 g/mol. The van der Waals surface area contributed by atoms with Gasteiger partial charge in [-0.05, 0) is 49.7 Å². The molecule has 0 aliphatic heterocycles. The van der Waals surface area contributed by atoms with Crippen molar-refractivity contribution in [2.24, 2.45) is 0 Å². The minimum absolute atomic E-state index is 0.103. The van der Waals surface area contributed by atoms with E-state index in [9.17, 15) is 9.59 Å². The summed E-state index contributed by atoms with van der Waals surface area (Å²) in [4.78, 5) is 26.1. The smallest absolute Gasteiger partial charge is 0.255 e. The molecule has 2 amide bonds. The van der Waals surface area contributed by atoms with Gasteiger partial charge in [0.25, 0.3) is 11.8 Å². The molecule has 1 N–H and O–H groups in total. The maximum atomic E-state index is 12.6. The first kappa shape index (κ1) is 21.6. The third-order valence-electron chi connectivity index (χ3n) is 3.82. The minimum Gasteiger partial charge on any atom is -0.490 e. The van der Waals surface area contributed by atoms with E-state index in [1.807, 2.05) is 13.8 Å². The van der Waals surface area contributed by atoms with Crippen molar-refractivity contribution in [1.29, 1.82) is 0 Å². The summed E-state index contributed by atoms with van der Waals surface area (Å²) in [5.41, 5.74) is 1.47. The van der Waals surface area contributed by atoms with E-state index in [1.165, 1.54) is 4.90 Å². The molecule has 2 rings (SSSR count). The topological polar surface area (TPSA) is 67.9 Å². The molecule has 0 aliphatic carbocycles. The van der Waals surface area contributed by atoms with Crippen molar-refractivity contribution < 1.29 is 19.1 Å². The largest absolute Gasteiger partial charge is 0.490 e. The summed E-state index contributed by atoms with van der Waals surface area (Å²) in [6, 6.07) is 9.85. The van der Waals surface area contributed by atoms with E-state index in [2.05, 4.69) is 5.32 Å². The van der Waals surface area contributed by atoms with Crippen LogP contribution in [0.15, 0.2) is 36.4 Å². The second kappa shape index (κ2) is 9.99. The lowest BCUT2D eigenvalue weighted by Crippen LogP contribution is -2.21. The average molecular weight is 405 g/mol. The molecule has 150 valence electrons. The van der Waals surface area contributed by atoms with Crippen molar-refractivity contribution in [3.8, 4) is 11.5 Å². The predicted octanol–water partition coefficient (Wildman–Crippen LogP) is 4.48. The highest BCUT2D eigenvalue weighted by molar-refractivity contribution is 6.32. The van der Waals surface area contributed by atoms with Gasteiger partial charge in [-0.2, -0.15) is 0 Å². The fourth-order valence-electron chi connectivity index (χ4n) is 2.46. The highest BCUT2D eigenvalue weighted by atomic mass is 35.5. The van der Waals surface area contributed by atoms with Gasteiger partial charge in [-0.25, -0.2) is 0 Å². The molecule has 6 nitrogen and oxygen atoms in total. The van der Waals surface area contributed by atoms with Crippen LogP contribution in [0.3, 0.4) is 0 Å². The standard InChI is InChI=1S/C21H25ClN2O4/c1-5-11-28-19-17(22)12-15(13-18(19)27-6-2)20(25)23-16-9-7-14(8-10-16)21(26)24(3)4/h7-10,12-13H,5-6,11H2,1-4H3,(H,23,25). The van der Waals surface area contributed by atoms with Crippen LogP contribution in [0.4, 0.5) is 5.69 Å². The number of anilines is 1. The lowest BCUT2D eigenvalue weighted by atomic mass is 10.1. The Hall–Kier alpha value is -2.73. The number of ether oxygens (including phenoxy) is 2. The van der Waals surface area contributed by atoms with Gasteiger partial charge in [0, 0.05) is 30.9 Å². The van der Waals surface area contributed by atoms with Crippen molar-refractivity contribution in [1.82, 2.24) is 4.90 Å². The number of carbonyl (C=O) groups excluding carboxylic acids is 2. The van der Waals surface area contributed by atoms with Gasteiger partial charge in [-0.15, -0.1) is 0 Å². The molecule has 0 saturated carbocycles. The fourth-order valence-corrected chi connectivity index (χ4v) is 2.73. The Morgan fingerprint density at radius 2 is 1.71 bits per heavy atom. The molecule has 2 aromatic carbocycles. The Bertz CT molecular complexity index is 835. The zero-order valence-corrected chi connectivity index (χ0v) is 17.3. The van der Waals surface area contributed by atoms with Gasteiger partial charge in [0.15, 0.2) is 11.5 Å². The highest BCUT2D eigenvalue weighted by Crippen LogP contribution is 2.37. The number of benzene rings is 2. The molecule has 0 radical (unpaired) electrons. The Morgan fingerprint density at radius 1 is 1.04 bits per heavy atom. The molecule has 2 aromatic rings. The number of nitrogens with zero attached hydrogens (tertiary/aromatic N) is 1. The van der Waals surface area contributed by atoms with Crippen LogP contribution in [0.2, 0.25) is 5.02 Å². The number of hydrogen-bond donors (Lipinski definition) is 1. The van der Waals surface area contributed by atoms with Gasteiger partial charge in [-0.3, -0.25) is 9.59 Å². The Kier molecular flexibility index (Phi) is 7.70. The summed E-state index contributed by atoms with van der Waals surface area (Å²) in [6.07, 6.45) is 0.830. The van der Waals surface area contributed by atoms with Crippen molar-refractivity contribution >= 4 is 29.1 Å². The van der Waals surface area contributed by atoms with Gasteiger partial charge < -0.3 is 19.7 Å². The van der Waals surface area contributed by atoms with Crippen molar-refractivity contribution in [3.63, 3.8) is 0 Å². The van der Waals surface area contributed by atoms with Crippen LogP contribution in [-0.4, -0.2) is 44.0 Å². The van der Waals surface area contributed by atoms with Crippen molar-refractivity contribution in [2.75, 3.05) is 32.6 Å². The van der Waals surface area contributed by atoms with Crippen LogP contribution in [0.1, 0.15) is 41.0 Å². The fraction of sp³-hybridized carbons (Fsp3) is 0.333. The molecule has 0 heterocycles. The summed E-state index contributed by atoms with van der Waals surface area (Å²) in [6.45, 7) is 4.77. The summed E-state index contributed by atoms with van der Waals surface area (Å²) < 4.78 is 11.2. The maximum Gasteiger partial charge on any atom is 0.255 e. The molecule has 0 aromatic heterocycles. The third-order valence-corrected chi connectivity index (χ3v) is 4.10. The Labute approximate surface area is 170 Å². The summed E-state index contributed by atoms with van der Waals surface area (Å²) in [5.74, 6) is 0.430. The minimum atomic E-state index is -0.336. The lowest BCUT2D eigenvalue weighted by Gasteiger charge is -2.15. The number of nitrogens with one attached hydrogen (secondary N) is 1. The van der Waals surface area contributed by atoms with E-state index >= 15 is 0 Å². The molecule has 0 aliphatic rings. The van der Waals surface area contributed by atoms with Crippen LogP contribution >= 0.6 is 11.6 Å². The van der Waals surface area contributed by atoms with Crippen molar-refractivity contribution in [2.45, 2.75) is 20.3 Å². The molecule has 0 spiro atoms. The molecule has 28 heavy (non-hydrogen) atoms. The van der Waals surface area contributed by atoms with E-state index in [1.54, 1.807) is 50.5 Å². The highest BCUT2D eigenvalue weighted by Gasteiger charge is 2.17. The van der Waals surface area contributed by atoms with Gasteiger partial charge >= 0.3 is 0 Å². The first-order valence-electron chi connectivity index (χ1n) is 9.09. The summed E-state index contributed by atoms with van der Waals surface area (Å²) >= 11 is 6.31. The Morgan fingerprint density at radius 3 is 2.29 bits per heavy atom. The zero-order chi connectivity index (χ0) is 20.7. The SMILES string of the molecule is CCCOc1c(Cl)cc(C(=O)Nc2ccc(C(=O)N(C)C)cc2)cc1OCC. The van der Waals surface area contributed by atoms with Crippen LogP contribution in [0.25, 0.3) is 0 Å². The van der Waals surface area contributed by atoms with Crippen LogP contribution < -0.4 is 14.8 Å². The number of carbonyl (C=O) groups is 2. The lowest BCUT2D eigenvalue weighted by molar-refractivity contribution is 0.0827. The van der Waals surface area contributed by atoms with Gasteiger partial charge in [0.05, 0.1) is 18.2 Å². The maximum absolute atomic E-state index is 12.6. The zero-order valence-electron chi connectivity index (χ0n) is 16.5. The first-order chi connectivity index (χ1) is 13.4. The monoisotopic (exact) mass is 404 g/mol. The van der Waals surface area contributed by atoms with Crippen LogP contribution in [-0.2, 0) is 0 Å². The molecule has 0 saturated heterocycles. The molecule has 0 fully saturated rings. The quantitative estimate of drug-likeness (QED) is 0.704. The van der Waals surface area contributed by atoms with Gasteiger partial charge in [0.2, 0.25) is 0 Å². The molecule has 0 unspecified atom stereocenters. The first-order valence-corrected chi connectivity index (χ1v) is 9.47.